The van der Waals surface area contributed by atoms with E-state index in [4.69, 9.17) is 0 Å². The number of nitrogens with zero attached hydrogens (tertiary/aromatic N) is 8. The average Bonchev–Trinajstić information content (AvgIpc) is 3.23. The van der Waals surface area contributed by atoms with E-state index in [9.17, 15) is 9.59 Å². The Balaban J connectivity index is 1.28. The first-order chi connectivity index (χ1) is 12.1. The zero-order chi connectivity index (χ0) is 17.4. The van der Waals surface area contributed by atoms with Crippen molar-refractivity contribution >= 4 is 11.8 Å². The number of carbonyl (C=O) groups excluding carboxylic acids is 2. The highest BCUT2D eigenvalue weighted by Gasteiger charge is 2.38. The lowest BCUT2D eigenvalue weighted by molar-refractivity contribution is -0.149. The second kappa shape index (κ2) is 6.26. The van der Waals surface area contributed by atoms with E-state index in [1.807, 2.05) is 17.4 Å². The summed E-state index contributed by atoms with van der Waals surface area (Å²) in [5, 5.41) is 11.1. The van der Waals surface area contributed by atoms with Crippen molar-refractivity contribution in [3.63, 3.8) is 0 Å². The highest BCUT2D eigenvalue weighted by atomic mass is 16.2. The number of aryl methyl sites for hydroxylation is 1. The van der Waals surface area contributed by atoms with Crippen molar-refractivity contribution in [2.75, 3.05) is 20.1 Å². The van der Waals surface area contributed by atoms with Gasteiger partial charge in [-0.15, -0.1) is 10.2 Å². The lowest BCUT2D eigenvalue weighted by Crippen LogP contribution is -2.62. The monoisotopic (exact) mass is 344 g/mol. The molecule has 0 bridgehead atoms. The van der Waals surface area contributed by atoms with Crippen LogP contribution >= 0.6 is 0 Å². The van der Waals surface area contributed by atoms with E-state index in [0.29, 0.717) is 13.1 Å². The van der Waals surface area contributed by atoms with Gasteiger partial charge in [0.2, 0.25) is 11.8 Å². The maximum atomic E-state index is 12.7. The zero-order valence-electron chi connectivity index (χ0n) is 14.0. The summed E-state index contributed by atoms with van der Waals surface area (Å²) in [4.78, 5) is 33.8. The normalized spacial score (nSPS) is 20.0. The van der Waals surface area contributed by atoms with Crippen LogP contribution in [-0.4, -0.2) is 77.6 Å². The third kappa shape index (κ3) is 2.99. The van der Waals surface area contributed by atoms with Gasteiger partial charge >= 0.3 is 0 Å². The van der Waals surface area contributed by atoms with Crippen LogP contribution in [0, 0.1) is 5.92 Å². The van der Waals surface area contributed by atoms with Crippen LogP contribution in [0.2, 0.25) is 0 Å². The van der Waals surface area contributed by atoms with Crippen LogP contribution < -0.4 is 0 Å². The summed E-state index contributed by atoms with van der Waals surface area (Å²) >= 11 is 0. The van der Waals surface area contributed by atoms with Crippen LogP contribution in [0.4, 0.5) is 0 Å². The topological polar surface area (TPSA) is 102 Å². The molecule has 0 N–H and O–H groups in total. The van der Waals surface area contributed by atoms with Gasteiger partial charge < -0.3 is 14.4 Å². The SMILES string of the molecule is CN(C(=O)Cn1ncnn1)C1CN(C(=O)C2CCn3cncc3C2)C1. The molecule has 2 aliphatic heterocycles. The molecule has 1 fully saturated rings. The zero-order valence-corrected chi connectivity index (χ0v) is 14.0. The van der Waals surface area contributed by atoms with Crippen LogP contribution in [0.3, 0.4) is 0 Å². The number of hydrogen-bond donors (Lipinski definition) is 0. The van der Waals surface area contributed by atoms with Crippen molar-refractivity contribution in [2.24, 2.45) is 5.92 Å². The van der Waals surface area contributed by atoms with Gasteiger partial charge in [-0.25, -0.2) is 4.98 Å². The molecule has 0 aliphatic carbocycles. The molecular formula is C15H20N8O2. The van der Waals surface area contributed by atoms with E-state index in [1.165, 1.54) is 11.1 Å². The average molecular weight is 344 g/mol. The fourth-order valence-electron chi connectivity index (χ4n) is 3.42. The Hall–Kier alpha value is -2.78. The van der Waals surface area contributed by atoms with Gasteiger partial charge in [-0.1, -0.05) is 0 Å². The molecule has 1 unspecified atom stereocenters. The second-order valence-corrected chi connectivity index (χ2v) is 6.64. The number of likely N-dealkylation sites (N-methyl/N-ethyl adjacent to an activating group) is 1. The minimum atomic E-state index is -0.0864. The van der Waals surface area contributed by atoms with Gasteiger partial charge in [0.25, 0.3) is 0 Å². The standard InChI is InChI=1S/C15H20N8O2/c1-20(14(24)8-23-18-9-17-19-23)13-6-22(7-13)15(25)11-2-3-21-10-16-5-12(21)4-11/h5,9-11,13H,2-4,6-8H2,1H3. The number of fused-ring (bicyclic) bond motifs is 1. The van der Waals surface area contributed by atoms with E-state index >= 15 is 0 Å². The minimum absolute atomic E-state index is 0.0190. The molecule has 0 spiro atoms. The summed E-state index contributed by atoms with van der Waals surface area (Å²) in [6.07, 6.45) is 6.54. The van der Waals surface area contributed by atoms with E-state index in [2.05, 4.69) is 25.0 Å². The predicted molar refractivity (Wildman–Crippen MR) is 85.0 cm³/mol. The third-order valence-corrected chi connectivity index (χ3v) is 5.10. The molecular weight excluding hydrogens is 324 g/mol. The Morgan fingerprint density at radius 2 is 2.20 bits per heavy atom. The largest absolute Gasteiger partial charge is 0.338 e. The molecule has 4 heterocycles. The highest BCUT2D eigenvalue weighted by Crippen LogP contribution is 2.25. The van der Waals surface area contributed by atoms with Crippen molar-refractivity contribution in [3.05, 3.63) is 24.5 Å². The summed E-state index contributed by atoms with van der Waals surface area (Å²) in [5.74, 6) is 0.115. The van der Waals surface area contributed by atoms with Crippen LogP contribution in [0.15, 0.2) is 18.9 Å². The number of likely N-dealkylation sites (tertiary alicyclic amines) is 1. The summed E-state index contributed by atoms with van der Waals surface area (Å²) in [5.41, 5.74) is 1.12. The number of amides is 2. The lowest BCUT2D eigenvalue weighted by atomic mass is 9.92. The van der Waals surface area contributed by atoms with Crippen molar-refractivity contribution in [3.8, 4) is 0 Å². The third-order valence-electron chi connectivity index (χ3n) is 5.10. The Morgan fingerprint density at radius 1 is 1.36 bits per heavy atom. The summed E-state index contributed by atoms with van der Waals surface area (Å²) in [6, 6.07) is 0.0501. The van der Waals surface area contributed by atoms with Crippen molar-refractivity contribution in [1.82, 2.24) is 39.6 Å². The highest BCUT2D eigenvalue weighted by molar-refractivity contribution is 5.81. The lowest BCUT2D eigenvalue weighted by Gasteiger charge is -2.45. The molecule has 0 radical (unpaired) electrons. The Bertz CT molecular complexity index is 764. The van der Waals surface area contributed by atoms with Gasteiger partial charge in [-0.3, -0.25) is 9.59 Å². The second-order valence-electron chi connectivity index (χ2n) is 6.64. The van der Waals surface area contributed by atoms with E-state index < -0.39 is 0 Å². The van der Waals surface area contributed by atoms with E-state index in [1.54, 1.807) is 11.9 Å². The van der Waals surface area contributed by atoms with Crippen molar-refractivity contribution in [2.45, 2.75) is 32.0 Å². The van der Waals surface area contributed by atoms with Gasteiger partial charge in [0, 0.05) is 50.9 Å². The molecule has 2 aliphatic rings. The molecule has 10 heteroatoms. The minimum Gasteiger partial charge on any atom is -0.338 e. The van der Waals surface area contributed by atoms with E-state index in [0.717, 1.165) is 25.1 Å². The fourth-order valence-corrected chi connectivity index (χ4v) is 3.42. The van der Waals surface area contributed by atoms with Crippen LogP contribution in [-0.2, 0) is 29.1 Å². The van der Waals surface area contributed by atoms with Gasteiger partial charge in [0.15, 0.2) is 6.33 Å². The van der Waals surface area contributed by atoms with Crippen LogP contribution in [0.25, 0.3) is 0 Å². The predicted octanol–water partition coefficient (Wildman–Crippen LogP) is -1.20. The molecule has 0 saturated carbocycles. The van der Waals surface area contributed by atoms with Gasteiger partial charge in [0.1, 0.15) is 6.54 Å². The maximum Gasteiger partial charge on any atom is 0.246 e. The molecule has 0 aromatic carbocycles. The molecule has 2 aromatic rings. The van der Waals surface area contributed by atoms with Gasteiger partial charge in [-0.2, -0.15) is 4.80 Å². The van der Waals surface area contributed by atoms with Crippen molar-refractivity contribution < 1.29 is 9.59 Å². The first-order valence-electron chi connectivity index (χ1n) is 8.36. The number of rotatable bonds is 4. The van der Waals surface area contributed by atoms with Crippen molar-refractivity contribution in [1.29, 1.82) is 0 Å². The quantitative estimate of drug-likeness (QED) is 0.690. The van der Waals surface area contributed by atoms with Gasteiger partial charge in [-0.05, 0) is 11.6 Å². The number of tetrazole rings is 1. The summed E-state index contributed by atoms with van der Waals surface area (Å²) in [7, 11) is 1.75. The molecule has 1 atom stereocenters. The number of hydrogen-bond acceptors (Lipinski definition) is 6. The smallest absolute Gasteiger partial charge is 0.246 e. The molecule has 2 aromatic heterocycles. The van der Waals surface area contributed by atoms with Crippen LogP contribution in [0.5, 0.6) is 0 Å². The Labute approximate surface area is 144 Å². The molecule has 1 saturated heterocycles. The Morgan fingerprint density at radius 3 is 2.96 bits per heavy atom. The number of aromatic nitrogens is 6. The first kappa shape index (κ1) is 15.7. The van der Waals surface area contributed by atoms with Gasteiger partial charge in [0.05, 0.1) is 12.4 Å². The molecule has 2 amide bonds. The fraction of sp³-hybridized carbons (Fsp3) is 0.600. The number of carbonyl (C=O) groups is 2. The summed E-state index contributed by atoms with van der Waals surface area (Å²) < 4.78 is 2.10. The van der Waals surface area contributed by atoms with E-state index in [-0.39, 0.29) is 30.3 Å². The molecule has 10 nitrogen and oxygen atoms in total. The number of imidazole rings is 1. The maximum absolute atomic E-state index is 12.7. The Kier molecular flexibility index (Phi) is 3.94. The van der Waals surface area contributed by atoms with Crippen LogP contribution in [0.1, 0.15) is 12.1 Å². The molecule has 25 heavy (non-hydrogen) atoms. The summed E-state index contributed by atoms with van der Waals surface area (Å²) in [6.45, 7) is 2.07. The first-order valence-corrected chi connectivity index (χ1v) is 8.36. The molecule has 4 rings (SSSR count). The molecule has 132 valence electrons.